The molecule has 0 atom stereocenters. The highest BCUT2D eigenvalue weighted by molar-refractivity contribution is 5.81. The summed E-state index contributed by atoms with van der Waals surface area (Å²) in [5.41, 5.74) is 6.28. The van der Waals surface area contributed by atoms with Crippen LogP contribution in [0.3, 0.4) is 0 Å². The van der Waals surface area contributed by atoms with Crippen LogP contribution in [0.2, 0.25) is 0 Å². The molecule has 0 aliphatic carbocycles. The van der Waals surface area contributed by atoms with Crippen LogP contribution in [0.15, 0.2) is 35.4 Å². The van der Waals surface area contributed by atoms with Crippen molar-refractivity contribution in [3.63, 3.8) is 0 Å². The second-order valence-corrected chi connectivity index (χ2v) is 4.57. The molecule has 1 aromatic carbocycles. The third kappa shape index (κ3) is 4.64. The summed E-state index contributed by atoms with van der Waals surface area (Å²) in [5, 5.41) is 5.45. The Hall–Kier alpha value is -1.92. The minimum absolute atomic E-state index is 0.485. The molecular weight excluding hydrogens is 256 g/mol. The van der Waals surface area contributed by atoms with Gasteiger partial charge in [-0.1, -0.05) is 30.3 Å². The van der Waals surface area contributed by atoms with Gasteiger partial charge in [0, 0.05) is 19.6 Å². The number of morpholine rings is 1. The first-order valence-corrected chi connectivity index (χ1v) is 6.72. The van der Waals surface area contributed by atoms with Crippen molar-refractivity contribution in [3.05, 3.63) is 35.9 Å². The Bertz CT molecular complexity index is 444. The van der Waals surface area contributed by atoms with Crippen LogP contribution in [-0.2, 0) is 4.74 Å². The molecule has 1 heterocycles. The SMILES string of the molecule is NC(=O)N(CCN1CCOCC1)N=Cc1ccccc1. The Labute approximate surface area is 118 Å². The molecule has 1 fully saturated rings. The van der Waals surface area contributed by atoms with E-state index in [0.29, 0.717) is 6.54 Å². The first-order valence-electron chi connectivity index (χ1n) is 6.72. The summed E-state index contributed by atoms with van der Waals surface area (Å²) in [4.78, 5) is 13.6. The molecule has 1 aromatic rings. The molecule has 20 heavy (non-hydrogen) atoms. The zero-order chi connectivity index (χ0) is 14.2. The van der Waals surface area contributed by atoms with Gasteiger partial charge in [-0.3, -0.25) is 4.90 Å². The van der Waals surface area contributed by atoms with E-state index in [1.165, 1.54) is 5.01 Å². The minimum Gasteiger partial charge on any atom is -0.379 e. The van der Waals surface area contributed by atoms with Gasteiger partial charge in [-0.05, 0) is 5.56 Å². The topological polar surface area (TPSA) is 71.2 Å². The third-order valence-electron chi connectivity index (χ3n) is 3.13. The van der Waals surface area contributed by atoms with Crippen LogP contribution in [0.25, 0.3) is 0 Å². The van der Waals surface area contributed by atoms with E-state index in [9.17, 15) is 4.79 Å². The molecule has 6 nitrogen and oxygen atoms in total. The number of nitrogens with zero attached hydrogens (tertiary/aromatic N) is 3. The summed E-state index contributed by atoms with van der Waals surface area (Å²) in [5.74, 6) is 0. The molecule has 2 rings (SSSR count). The Morgan fingerprint density at radius 3 is 2.70 bits per heavy atom. The van der Waals surface area contributed by atoms with Crippen LogP contribution < -0.4 is 5.73 Å². The van der Waals surface area contributed by atoms with Gasteiger partial charge in [-0.15, -0.1) is 0 Å². The highest BCUT2D eigenvalue weighted by Gasteiger charge is 2.13. The maximum atomic E-state index is 11.4. The Kier molecular flexibility index (Phi) is 5.52. The largest absolute Gasteiger partial charge is 0.379 e. The van der Waals surface area contributed by atoms with Crippen molar-refractivity contribution in [2.45, 2.75) is 0 Å². The Morgan fingerprint density at radius 2 is 2.05 bits per heavy atom. The van der Waals surface area contributed by atoms with E-state index in [1.54, 1.807) is 6.21 Å². The summed E-state index contributed by atoms with van der Waals surface area (Å²) < 4.78 is 5.28. The van der Waals surface area contributed by atoms with Gasteiger partial charge in [-0.2, -0.15) is 5.10 Å². The third-order valence-corrected chi connectivity index (χ3v) is 3.13. The van der Waals surface area contributed by atoms with E-state index in [2.05, 4.69) is 10.0 Å². The molecule has 2 N–H and O–H groups in total. The second kappa shape index (κ2) is 7.62. The van der Waals surface area contributed by atoms with Crippen molar-refractivity contribution >= 4 is 12.2 Å². The van der Waals surface area contributed by atoms with Crippen molar-refractivity contribution in [2.75, 3.05) is 39.4 Å². The van der Waals surface area contributed by atoms with Crippen LogP contribution in [0.4, 0.5) is 4.79 Å². The van der Waals surface area contributed by atoms with Gasteiger partial charge >= 0.3 is 6.03 Å². The fourth-order valence-corrected chi connectivity index (χ4v) is 1.96. The summed E-state index contributed by atoms with van der Waals surface area (Å²) in [6.07, 6.45) is 1.64. The number of carbonyl (C=O) groups is 1. The lowest BCUT2D eigenvalue weighted by Crippen LogP contribution is -2.42. The number of amides is 2. The number of benzene rings is 1. The zero-order valence-electron chi connectivity index (χ0n) is 11.4. The normalized spacial score (nSPS) is 16.4. The molecule has 2 amide bonds. The van der Waals surface area contributed by atoms with Gasteiger partial charge in [0.15, 0.2) is 0 Å². The predicted molar refractivity (Wildman–Crippen MR) is 77.6 cm³/mol. The van der Waals surface area contributed by atoms with Gasteiger partial charge in [0.2, 0.25) is 0 Å². The molecule has 1 aliphatic heterocycles. The van der Waals surface area contributed by atoms with Gasteiger partial charge < -0.3 is 10.5 Å². The first kappa shape index (κ1) is 14.5. The molecule has 1 aliphatic rings. The standard InChI is InChI=1S/C14H20N4O2/c15-14(19)18(7-6-17-8-10-20-11-9-17)16-12-13-4-2-1-3-5-13/h1-5,12H,6-11H2,(H2,15,19). The molecule has 1 saturated heterocycles. The fourth-order valence-electron chi connectivity index (χ4n) is 1.96. The molecule has 6 heteroatoms. The number of hydrogen-bond donors (Lipinski definition) is 1. The number of hydrazone groups is 1. The smallest absolute Gasteiger partial charge is 0.335 e. The molecule has 108 valence electrons. The summed E-state index contributed by atoms with van der Waals surface area (Å²) in [7, 11) is 0. The molecule has 0 saturated carbocycles. The lowest BCUT2D eigenvalue weighted by molar-refractivity contribution is 0.0352. The number of nitrogens with two attached hydrogens (primary N) is 1. The zero-order valence-corrected chi connectivity index (χ0v) is 11.4. The van der Waals surface area contributed by atoms with E-state index in [1.807, 2.05) is 30.3 Å². The number of rotatable bonds is 5. The van der Waals surface area contributed by atoms with Crippen molar-refractivity contribution < 1.29 is 9.53 Å². The molecule has 0 bridgehead atoms. The molecule has 0 radical (unpaired) electrons. The average molecular weight is 276 g/mol. The van der Waals surface area contributed by atoms with E-state index in [4.69, 9.17) is 10.5 Å². The lowest BCUT2D eigenvalue weighted by atomic mass is 10.2. The van der Waals surface area contributed by atoms with E-state index in [0.717, 1.165) is 38.4 Å². The van der Waals surface area contributed by atoms with Gasteiger partial charge in [0.05, 0.1) is 26.0 Å². The van der Waals surface area contributed by atoms with Crippen molar-refractivity contribution in [3.8, 4) is 0 Å². The van der Waals surface area contributed by atoms with Crippen LogP contribution in [0, 0.1) is 0 Å². The molecule has 0 unspecified atom stereocenters. The van der Waals surface area contributed by atoms with Crippen molar-refractivity contribution in [1.29, 1.82) is 0 Å². The van der Waals surface area contributed by atoms with E-state index in [-0.39, 0.29) is 0 Å². The second-order valence-electron chi connectivity index (χ2n) is 4.57. The van der Waals surface area contributed by atoms with Gasteiger partial charge in [-0.25, -0.2) is 9.80 Å². The van der Waals surface area contributed by atoms with Gasteiger partial charge in [0.1, 0.15) is 0 Å². The quantitative estimate of drug-likeness (QED) is 0.636. The van der Waals surface area contributed by atoms with E-state index >= 15 is 0 Å². The monoisotopic (exact) mass is 276 g/mol. The van der Waals surface area contributed by atoms with Crippen LogP contribution in [0.5, 0.6) is 0 Å². The van der Waals surface area contributed by atoms with Crippen molar-refractivity contribution in [2.24, 2.45) is 10.8 Å². The highest BCUT2D eigenvalue weighted by Crippen LogP contribution is 1.99. The van der Waals surface area contributed by atoms with Crippen LogP contribution >= 0.6 is 0 Å². The summed E-state index contributed by atoms with van der Waals surface area (Å²) >= 11 is 0. The number of carbonyl (C=O) groups excluding carboxylic acids is 1. The number of primary amides is 1. The lowest BCUT2D eigenvalue weighted by Gasteiger charge is -2.27. The maximum Gasteiger partial charge on any atom is 0.335 e. The molecule has 0 aromatic heterocycles. The molecular formula is C14H20N4O2. The number of hydrogen-bond acceptors (Lipinski definition) is 4. The highest BCUT2D eigenvalue weighted by atomic mass is 16.5. The first-order chi connectivity index (χ1) is 9.75. The van der Waals surface area contributed by atoms with E-state index < -0.39 is 6.03 Å². The maximum absolute atomic E-state index is 11.4. The summed E-state index contributed by atoms with van der Waals surface area (Å²) in [6.45, 7) is 4.48. The minimum atomic E-state index is -0.537. The van der Waals surface area contributed by atoms with Crippen LogP contribution in [0.1, 0.15) is 5.56 Å². The van der Waals surface area contributed by atoms with Crippen molar-refractivity contribution in [1.82, 2.24) is 9.91 Å². The number of ether oxygens (including phenoxy) is 1. The predicted octanol–water partition coefficient (Wildman–Crippen LogP) is 0.733. The Balaban J connectivity index is 1.87. The molecule has 0 spiro atoms. The average Bonchev–Trinajstić information content (AvgIpc) is 2.49. The number of urea groups is 1. The fraction of sp³-hybridized carbons (Fsp3) is 0.429. The Morgan fingerprint density at radius 1 is 1.35 bits per heavy atom. The summed E-state index contributed by atoms with van der Waals surface area (Å²) in [6, 6.07) is 9.08. The van der Waals surface area contributed by atoms with Crippen LogP contribution in [-0.4, -0.2) is 61.5 Å². The van der Waals surface area contributed by atoms with Gasteiger partial charge in [0.25, 0.3) is 0 Å².